The zero-order chi connectivity index (χ0) is 19.8. The van der Waals surface area contributed by atoms with Gasteiger partial charge in [-0.05, 0) is 37.1 Å². The van der Waals surface area contributed by atoms with Crippen LogP contribution < -0.4 is 5.32 Å². The molecule has 2 rings (SSSR count). The van der Waals surface area contributed by atoms with Crippen molar-refractivity contribution in [2.45, 2.75) is 32.2 Å². The van der Waals surface area contributed by atoms with Crippen LogP contribution in [0.3, 0.4) is 0 Å². The summed E-state index contributed by atoms with van der Waals surface area (Å²) in [7, 11) is 1.59. The number of thioether (sulfide) groups is 1. The van der Waals surface area contributed by atoms with Crippen LogP contribution in [0.2, 0.25) is 5.02 Å². The van der Waals surface area contributed by atoms with Crippen molar-refractivity contribution in [2.24, 2.45) is 0 Å². The molecule has 1 N–H and O–H groups in total. The molecule has 0 aromatic heterocycles. The van der Waals surface area contributed by atoms with Crippen molar-refractivity contribution in [1.29, 1.82) is 0 Å². The van der Waals surface area contributed by atoms with Gasteiger partial charge in [0.25, 0.3) is 0 Å². The van der Waals surface area contributed by atoms with Crippen LogP contribution in [0, 0.1) is 6.92 Å². The van der Waals surface area contributed by atoms with E-state index in [1.165, 1.54) is 11.8 Å². The summed E-state index contributed by atoms with van der Waals surface area (Å²) in [5.41, 5.74) is 3.26. The summed E-state index contributed by atoms with van der Waals surface area (Å²) in [6, 6.07) is 15.1. The van der Waals surface area contributed by atoms with Crippen molar-refractivity contribution in [3.05, 3.63) is 70.2 Å². The number of likely N-dealkylation sites (N-methyl/N-ethyl adjacent to an activating group) is 1. The van der Waals surface area contributed by atoms with E-state index < -0.39 is 6.04 Å². The molecule has 4 nitrogen and oxygen atoms in total. The number of hydrogen-bond donors (Lipinski definition) is 1. The average Bonchev–Trinajstić information content (AvgIpc) is 2.66. The Balaban J connectivity index is 2.03. The van der Waals surface area contributed by atoms with Gasteiger partial charge < -0.3 is 10.2 Å². The van der Waals surface area contributed by atoms with Crippen LogP contribution in [0.4, 0.5) is 0 Å². The first-order valence-corrected chi connectivity index (χ1v) is 10.3. The number of carbonyl (C=O) groups excluding carboxylic acids is 2. The van der Waals surface area contributed by atoms with Crippen LogP contribution in [0.5, 0.6) is 0 Å². The van der Waals surface area contributed by atoms with E-state index in [0.717, 1.165) is 22.4 Å². The summed E-state index contributed by atoms with van der Waals surface area (Å²) in [6.07, 6.45) is 0. The molecule has 0 saturated carbocycles. The summed E-state index contributed by atoms with van der Waals surface area (Å²) in [4.78, 5) is 26.6. The van der Waals surface area contributed by atoms with Gasteiger partial charge in [-0.3, -0.25) is 9.59 Å². The van der Waals surface area contributed by atoms with Crippen LogP contribution in [-0.4, -0.2) is 35.6 Å². The molecule has 0 bridgehead atoms. The molecule has 0 spiro atoms. The van der Waals surface area contributed by atoms with Crippen molar-refractivity contribution in [2.75, 3.05) is 12.8 Å². The van der Waals surface area contributed by atoms with Gasteiger partial charge in [0.2, 0.25) is 11.8 Å². The molecular weight excluding hydrogens is 380 g/mol. The second-order valence-electron chi connectivity index (χ2n) is 6.42. The quantitative estimate of drug-likeness (QED) is 0.722. The molecule has 144 valence electrons. The third-order valence-electron chi connectivity index (χ3n) is 4.26. The second kappa shape index (κ2) is 10.4. The van der Waals surface area contributed by atoms with Gasteiger partial charge in [-0.25, -0.2) is 0 Å². The lowest BCUT2D eigenvalue weighted by atomic mass is 10.1. The van der Waals surface area contributed by atoms with Gasteiger partial charge in [-0.2, -0.15) is 0 Å². The van der Waals surface area contributed by atoms with Crippen LogP contribution in [-0.2, 0) is 21.9 Å². The Morgan fingerprint density at radius 1 is 1.15 bits per heavy atom. The van der Waals surface area contributed by atoms with E-state index in [4.69, 9.17) is 11.6 Å². The third-order valence-corrected chi connectivity index (χ3v) is 5.50. The number of benzene rings is 2. The molecule has 27 heavy (non-hydrogen) atoms. The maximum absolute atomic E-state index is 12.8. The summed E-state index contributed by atoms with van der Waals surface area (Å²) in [6.45, 7) is 4.19. The summed E-state index contributed by atoms with van der Waals surface area (Å²) in [5.74, 6) is 0.816. The van der Waals surface area contributed by atoms with Crippen molar-refractivity contribution in [3.8, 4) is 0 Å². The summed E-state index contributed by atoms with van der Waals surface area (Å²) >= 11 is 7.43. The Bertz CT molecular complexity index is 780. The van der Waals surface area contributed by atoms with Crippen LogP contribution in [0.15, 0.2) is 48.5 Å². The number of hydrogen-bond acceptors (Lipinski definition) is 3. The zero-order valence-electron chi connectivity index (χ0n) is 15.9. The van der Waals surface area contributed by atoms with Crippen LogP contribution >= 0.6 is 23.4 Å². The van der Waals surface area contributed by atoms with Gasteiger partial charge in [0.05, 0.1) is 5.75 Å². The Morgan fingerprint density at radius 2 is 1.85 bits per heavy atom. The lowest BCUT2D eigenvalue weighted by Gasteiger charge is -2.28. The van der Waals surface area contributed by atoms with Gasteiger partial charge in [0.15, 0.2) is 0 Å². The van der Waals surface area contributed by atoms with Gasteiger partial charge >= 0.3 is 0 Å². The molecule has 0 unspecified atom stereocenters. The largest absolute Gasteiger partial charge is 0.357 e. The van der Waals surface area contributed by atoms with Crippen molar-refractivity contribution < 1.29 is 9.59 Å². The number of rotatable bonds is 8. The number of nitrogens with one attached hydrogen (secondary N) is 1. The molecule has 1 atom stereocenters. The fourth-order valence-corrected chi connectivity index (χ4v) is 3.72. The number of nitrogens with zero attached hydrogens (tertiary/aromatic N) is 1. The van der Waals surface area contributed by atoms with E-state index in [-0.39, 0.29) is 11.8 Å². The maximum atomic E-state index is 12.8. The predicted octanol–water partition coefficient (Wildman–Crippen LogP) is 4.04. The molecule has 0 aliphatic heterocycles. The highest BCUT2D eigenvalue weighted by atomic mass is 35.5. The Kier molecular flexibility index (Phi) is 8.20. The summed E-state index contributed by atoms with van der Waals surface area (Å²) in [5, 5.41) is 3.33. The fourth-order valence-electron chi connectivity index (χ4n) is 2.72. The molecule has 6 heteroatoms. The van der Waals surface area contributed by atoms with Gasteiger partial charge in [0, 0.05) is 24.4 Å². The third kappa shape index (κ3) is 6.60. The van der Waals surface area contributed by atoms with Crippen molar-refractivity contribution in [3.63, 3.8) is 0 Å². The topological polar surface area (TPSA) is 49.4 Å². The van der Waals surface area contributed by atoms with Crippen molar-refractivity contribution in [1.82, 2.24) is 10.2 Å². The van der Waals surface area contributed by atoms with E-state index >= 15 is 0 Å². The first-order valence-electron chi connectivity index (χ1n) is 8.79. The number of halogens is 1. The van der Waals surface area contributed by atoms with E-state index in [1.807, 2.05) is 55.5 Å². The van der Waals surface area contributed by atoms with Gasteiger partial charge in [-0.15, -0.1) is 11.8 Å². The number of carbonyl (C=O) groups is 2. The smallest absolute Gasteiger partial charge is 0.242 e. The molecule has 0 heterocycles. The van der Waals surface area contributed by atoms with Gasteiger partial charge in [-0.1, -0.05) is 53.6 Å². The minimum absolute atomic E-state index is 0.0495. The normalized spacial score (nSPS) is 11.7. The highest BCUT2D eigenvalue weighted by molar-refractivity contribution is 7.99. The highest BCUT2D eigenvalue weighted by Gasteiger charge is 2.25. The van der Waals surface area contributed by atoms with Gasteiger partial charge in [0.1, 0.15) is 6.04 Å². The molecule has 0 aliphatic carbocycles. The lowest BCUT2D eigenvalue weighted by molar-refractivity contribution is -0.138. The molecule has 0 radical (unpaired) electrons. The van der Waals surface area contributed by atoms with Crippen LogP contribution in [0.1, 0.15) is 23.6 Å². The van der Waals surface area contributed by atoms with E-state index in [9.17, 15) is 9.59 Å². The molecule has 0 saturated heterocycles. The standard InChI is InChI=1S/C21H25ClN2O2S/c1-15-5-4-6-18(11-15)12-24(16(2)21(26)23-3)20(25)14-27-13-17-7-9-19(22)10-8-17/h4-11,16H,12-14H2,1-3H3,(H,23,26)/t16-/m0/s1. The first kappa shape index (κ1) is 21.3. The minimum Gasteiger partial charge on any atom is -0.357 e. The maximum Gasteiger partial charge on any atom is 0.242 e. The Morgan fingerprint density at radius 3 is 2.48 bits per heavy atom. The Labute approximate surface area is 170 Å². The highest BCUT2D eigenvalue weighted by Crippen LogP contribution is 2.18. The zero-order valence-corrected chi connectivity index (χ0v) is 17.4. The summed E-state index contributed by atoms with van der Waals surface area (Å²) < 4.78 is 0. The fraction of sp³-hybridized carbons (Fsp3) is 0.333. The van der Waals surface area contributed by atoms with Crippen molar-refractivity contribution >= 4 is 35.2 Å². The monoisotopic (exact) mass is 404 g/mol. The lowest BCUT2D eigenvalue weighted by Crippen LogP contribution is -2.47. The molecule has 0 fully saturated rings. The Hall–Kier alpha value is -1.98. The number of amides is 2. The van der Waals surface area contributed by atoms with Crippen LogP contribution in [0.25, 0.3) is 0 Å². The predicted molar refractivity (Wildman–Crippen MR) is 113 cm³/mol. The van der Waals surface area contributed by atoms with E-state index in [1.54, 1.807) is 18.9 Å². The van der Waals surface area contributed by atoms with E-state index in [2.05, 4.69) is 5.32 Å². The second-order valence-corrected chi connectivity index (χ2v) is 7.84. The molecular formula is C21H25ClN2O2S. The SMILES string of the molecule is CNC(=O)[C@H](C)N(Cc1cccc(C)c1)C(=O)CSCc1ccc(Cl)cc1. The molecule has 0 aliphatic rings. The first-order chi connectivity index (χ1) is 12.9. The molecule has 2 aromatic carbocycles. The number of aryl methyl sites for hydroxylation is 1. The molecule has 2 amide bonds. The average molecular weight is 405 g/mol. The minimum atomic E-state index is -0.529. The van der Waals surface area contributed by atoms with E-state index in [0.29, 0.717) is 17.3 Å². The molecule has 2 aromatic rings.